The number of aryl methyl sites for hydroxylation is 1. The molecule has 1 aromatic carbocycles. The number of carbonyl (C=O) groups is 1. The predicted octanol–water partition coefficient (Wildman–Crippen LogP) is 3.08. The van der Waals surface area contributed by atoms with Gasteiger partial charge in [0, 0.05) is 38.6 Å². The molecular weight excluding hydrogens is 260 g/mol. The van der Waals surface area contributed by atoms with E-state index >= 15 is 0 Å². The molecule has 116 valence electrons. The molecule has 0 N–H and O–H groups in total. The summed E-state index contributed by atoms with van der Waals surface area (Å²) in [5.74, 6) is 0.519. The Hall–Kier alpha value is -1.35. The van der Waals surface area contributed by atoms with Crippen molar-refractivity contribution in [2.24, 2.45) is 5.92 Å². The zero-order valence-electron chi connectivity index (χ0n) is 13.6. The number of carbonyl (C=O) groups excluding carboxylic acids is 1. The summed E-state index contributed by atoms with van der Waals surface area (Å²) in [6, 6.07) is 8.57. The second-order valence-corrected chi connectivity index (χ2v) is 6.22. The minimum absolute atomic E-state index is 0.179. The summed E-state index contributed by atoms with van der Waals surface area (Å²) >= 11 is 0. The van der Waals surface area contributed by atoms with E-state index in [2.05, 4.69) is 54.8 Å². The van der Waals surface area contributed by atoms with E-state index in [9.17, 15) is 4.79 Å². The lowest BCUT2D eigenvalue weighted by molar-refractivity contribution is -0.137. The van der Waals surface area contributed by atoms with Gasteiger partial charge in [-0.15, -0.1) is 0 Å². The highest BCUT2D eigenvalue weighted by molar-refractivity contribution is 5.78. The summed E-state index contributed by atoms with van der Waals surface area (Å²) in [4.78, 5) is 16.8. The van der Waals surface area contributed by atoms with Gasteiger partial charge in [-0.25, -0.2) is 0 Å². The average molecular weight is 288 g/mol. The normalized spacial score (nSPS) is 17.8. The zero-order valence-corrected chi connectivity index (χ0v) is 13.6. The van der Waals surface area contributed by atoms with E-state index in [1.807, 2.05) is 0 Å². The van der Waals surface area contributed by atoms with Crippen molar-refractivity contribution < 1.29 is 4.79 Å². The van der Waals surface area contributed by atoms with Gasteiger partial charge in [0.2, 0.25) is 5.91 Å². The third kappa shape index (κ3) is 4.31. The van der Waals surface area contributed by atoms with Crippen LogP contribution in [0.5, 0.6) is 0 Å². The maximum Gasteiger partial charge on any atom is 0.225 e. The average Bonchev–Trinajstić information content (AvgIpc) is 2.50. The van der Waals surface area contributed by atoms with Gasteiger partial charge in [-0.05, 0) is 24.5 Å². The van der Waals surface area contributed by atoms with Crippen LogP contribution in [0.1, 0.15) is 37.8 Å². The highest BCUT2D eigenvalue weighted by Crippen LogP contribution is 2.15. The highest BCUT2D eigenvalue weighted by Gasteiger charge is 2.24. The zero-order chi connectivity index (χ0) is 15.2. The van der Waals surface area contributed by atoms with Gasteiger partial charge in [0.05, 0.1) is 0 Å². The SMILES string of the molecule is CCCC(C)C(=O)N1CCN(Cc2ccccc2C)CC1. The molecule has 1 saturated heterocycles. The van der Waals surface area contributed by atoms with Gasteiger partial charge >= 0.3 is 0 Å². The Morgan fingerprint density at radius 3 is 2.48 bits per heavy atom. The van der Waals surface area contributed by atoms with E-state index in [1.54, 1.807) is 0 Å². The van der Waals surface area contributed by atoms with Gasteiger partial charge in [0.15, 0.2) is 0 Å². The predicted molar refractivity (Wildman–Crippen MR) is 87.1 cm³/mol. The van der Waals surface area contributed by atoms with E-state index < -0.39 is 0 Å². The van der Waals surface area contributed by atoms with Crippen molar-refractivity contribution in [3.63, 3.8) is 0 Å². The Labute approximate surface area is 128 Å². The van der Waals surface area contributed by atoms with Crippen molar-refractivity contribution in [1.29, 1.82) is 0 Å². The summed E-state index contributed by atoms with van der Waals surface area (Å²) in [6.45, 7) is 11.1. The Kier molecular flexibility index (Phi) is 5.80. The fourth-order valence-electron chi connectivity index (χ4n) is 3.02. The number of hydrogen-bond donors (Lipinski definition) is 0. The topological polar surface area (TPSA) is 23.6 Å². The molecule has 0 saturated carbocycles. The van der Waals surface area contributed by atoms with Crippen LogP contribution in [0.2, 0.25) is 0 Å². The molecule has 1 aliphatic heterocycles. The minimum Gasteiger partial charge on any atom is -0.340 e. The first-order chi connectivity index (χ1) is 10.1. The van der Waals surface area contributed by atoms with Gasteiger partial charge in [0.25, 0.3) is 0 Å². The van der Waals surface area contributed by atoms with E-state index in [0.717, 1.165) is 45.6 Å². The lowest BCUT2D eigenvalue weighted by atomic mass is 10.0. The fourth-order valence-corrected chi connectivity index (χ4v) is 3.02. The molecule has 0 radical (unpaired) electrons. The lowest BCUT2D eigenvalue weighted by Crippen LogP contribution is -2.49. The van der Waals surface area contributed by atoms with Crippen LogP contribution in [0.3, 0.4) is 0 Å². The third-order valence-corrected chi connectivity index (χ3v) is 4.48. The number of piperazine rings is 1. The number of nitrogens with zero attached hydrogens (tertiary/aromatic N) is 2. The Morgan fingerprint density at radius 1 is 1.19 bits per heavy atom. The van der Waals surface area contributed by atoms with Crippen LogP contribution in [0.25, 0.3) is 0 Å². The van der Waals surface area contributed by atoms with Crippen molar-refractivity contribution in [2.45, 2.75) is 40.2 Å². The quantitative estimate of drug-likeness (QED) is 0.831. The molecule has 1 aliphatic rings. The van der Waals surface area contributed by atoms with Crippen LogP contribution in [0, 0.1) is 12.8 Å². The Morgan fingerprint density at radius 2 is 1.86 bits per heavy atom. The minimum atomic E-state index is 0.179. The maximum absolute atomic E-state index is 12.3. The summed E-state index contributed by atoms with van der Waals surface area (Å²) in [5.41, 5.74) is 2.75. The molecular formula is C18H28N2O. The van der Waals surface area contributed by atoms with Crippen LogP contribution >= 0.6 is 0 Å². The molecule has 0 spiro atoms. The molecule has 21 heavy (non-hydrogen) atoms. The smallest absolute Gasteiger partial charge is 0.225 e. The highest BCUT2D eigenvalue weighted by atomic mass is 16.2. The van der Waals surface area contributed by atoms with Gasteiger partial charge in [0.1, 0.15) is 0 Å². The Bertz CT molecular complexity index is 464. The molecule has 3 nitrogen and oxygen atoms in total. The van der Waals surface area contributed by atoms with Gasteiger partial charge in [-0.1, -0.05) is 44.5 Å². The van der Waals surface area contributed by atoms with Gasteiger partial charge in [-0.2, -0.15) is 0 Å². The fraction of sp³-hybridized carbons (Fsp3) is 0.611. The van der Waals surface area contributed by atoms with Crippen LogP contribution in [0.4, 0.5) is 0 Å². The van der Waals surface area contributed by atoms with Crippen LogP contribution in [-0.4, -0.2) is 41.9 Å². The third-order valence-electron chi connectivity index (χ3n) is 4.48. The second kappa shape index (κ2) is 7.60. The second-order valence-electron chi connectivity index (χ2n) is 6.22. The molecule has 2 rings (SSSR count). The molecule has 1 heterocycles. The van der Waals surface area contributed by atoms with Gasteiger partial charge in [-0.3, -0.25) is 9.69 Å². The van der Waals surface area contributed by atoms with Crippen molar-refractivity contribution in [3.05, 3.63) is 35.4 Å². The molecule has 1 unspecified atom stereocenters. The van der Waals surface area contributed by atoms with Crippen LogP contribution in [-0.2, 0) is 11.3 Å². The number of rotatable bonds is 5. The number of amides is 1. The first-order valence-corrected chi connectivity index (χ1v) is 8.17. The van der Waals surface area contributed by atoms with Crippen molar-refractivity contribution >= 4 is 5.91 Å². The summed E-state index contributed by atoms with van der Waals surface area (Å²) in [5, 5.41) is 0. The van der Waals surface area contributed by atoms with Crippen LogP contribution in [0.15, 0.2) is 24.3 Å². The summed E-state index contributed by atoms with van der Waals surface area (Å²) in [6.07, 6.45) is 2.09. The molecule has 1 atom stereocenters. The van der Waals surface area contributed by atoms with Crippen molar-refractivity contribution in [2.75, 3.05) is 26.2 Å². The molecule has 1 amide bonds. The lowest BCUT2D eigenvalue weighted by Gasteiger charge is -2.36. The van der Waals surface area contributed by atoms with Crippen molar-refractivity contribution in [3.8, 4) is 0 Å². The molecule has 1 aromatic rings. The van der Waals surface area contributed by atoms with E-state index in [4.69, 9.17) is 0 Å². The molecule has 0 aliphatic carbocycles. The van der Waals surface area contributed by atoms with Crippen molar-refractivity contribution in [1.82, 2.24) is 9.80 Å². The maximum atomic E-state index is 12.3. The number of benzene rings is 1. The summed E-state index contributed by atoms with van der Waals surface area (Å²) < 4.78 is 0. The Balaban J connectivity index is 1.83. The van der Waals surface area contributed by atoms with Gasteiger partial charge < -0.3 is 4.90 Å². The number of hydrogen-bond acceptors (Lipinski definition) is 2. The van der Waals surface area contributed by atoms with E-state index in [-0.39, 0.29) is 5.92 Å². The molecule has 1 fully saturated rings. The van der Waals surface area contributed by atoms with E-state index in [0.29, 0.717) is 5.91 Å². The van der Waals surface area contributed by atoms with Crippen LogP contribution < -0.4 is 0 Å². The largest absolute Gasteiger partial charge is 0.340 e. The molecule has 0 bridgehead atoms. The first kappa shape index (κ1) is 16.0. The standard InChI is InChI=1S/C18H28N2O/c1-4-7-16(3)18(21)20-12-10-19(11-13-20)14-17-9-6-5-8-15(17)2/h5-6,8-9,16H,4,7,10-14H2,1-3H3. The summed E-state index contributed by atoms with van der Waals surface area (Å²) in [7, 11) is 0. The van der Waals surface area contributed by atoms with E-state index in [1.165, 1.54) is 11.1 Å². The monoisotopic (exact) mass is 288 g/mol. The molecule has 3 heteroatoms. The first-order valence-electron chi connectivity index (χ1n) is 8.17. The molecule has 0 aromatic heterocycles.